The molecule has 3 aliphatic heterocycles. The van der Waals surface area contributed by atoms with Gasteiger partial charge in [-0.2, -0.15) is 0 Å². The van der Waals surface area contributed by atoms with E-state index < -0.39 is 5.54 Å². The molecular formula is C30H28N2O4. The van der Waals surface area contributed by atoms with Crippen molar-refractivity contribution in [1.82, 2.24) is 4.90 Å². The fourth-order valence-electron chi connectivity index (χ4n) is 5.75. The monoisotopic (exact) mass is 480 g/mol. The Morgan fingerprint density at radius 1 is 0.944 bits per heavy atom. The van der Waals surface area contributed by atoms with Gasteiger partial charge in [0.05, 0.1) is 36.0 Å². The summed E-state index contributed by atoms with van der Waals surface area (Å²) in [5.74, 6) is 0.946. The van der Waals surface area contributed by atoms with Gasteiger partial charge in [-0.25, -0.2) is 0 Å². The Labute approximate surface area is 210 Å². The van der Waals surface area contributed by atoms with Crippen LogP contribution in [0.1, 0.15) is 63.7 Å². The lowest BCUT2D eigenvalue weighted by Gasteiger charge is -2.36. The number of hydrogen-bond donors (Lipinski definition) is 0. The summed E-state index contributed by atoms with van der Waals surface area (Å²) in [4.78, 5) is 33.0. The van der Waals surface area contributed by atoms with Crippen molar-refractivity contribution in [2.24, 2.45) is 4.99 Å². The average Bonchev–Trinajstić information content (AvgIpc) is 3.31. The Bertz CT molecular complexity index is 1420. The van der Waals surface area contributed by atoms with Gasteiger partial charge in [0, 0.05) is 23.1 Å². The van der Waals surface area contributed by atoms with Crippen LogP contribution in [0.3, 0.4) is 0 Å². The van der Waals surface area contributed by atoms with E-state index in [1.54, 1.807) is 31.4 Å². The van der Waals surface area contributed by atoms with Crippen molar-refractivity contribution in [2.45, 2.75) is 44.8 Å². The van der Waals surface area contributed by atoms with Crippen molar-refractivity contribution < 1.29 is 19.1 Å². The minimum absolute atomic E-state index is 0.191. The fraction of sp³-hybridized carbons (Fsp3) is 0.300. The molecule has 3 aromatic rings. The number of nitrogens with zero attached hydrogens (tertiary/aromatic N) is 2. The predicted octanol–water partition coefficient (Wildman–Crippen LogP) is 4.86. The molecule has 6 heteroatoms. The van der Waals surface area contributed by atoms with Gasteiger partial charge in [0.2, 0.25) is 0 Å². The molecule has 2 amide bonds. The van der Waals surface area contributed by atoms with Crippen LogP contribution in [0.5, 0.6) is 11.5 Å². The van der Waals surface area contributed by atoms with Gasteiger partial charge in [0.25, 0.3) is 11.8 Å². The van der Waals surface area contributed by atoms with Crippen molar-refractivity contribution >= 4 is 17.5 Å². The van der Waals surface area contributed by atoms with E-state index in [4.69, 9.17) is 14.5 Å². The van der Waals surface area contributed by atoms with Gasteiger partial charge in [0.1, 0.15) is 5.60 Å². The number of imide groups is 1. The molecule has 6 rings (SSSR count). The molecule has 0 N–H and O–H groups in total. The highest BCUT2D eigenvalue weighted by Crippen LogP contribution is 2.48. The van der Waals surface area contributed by atoms with Gasteiger partial charge in [-0.05, 0) is 51.0 Å². The summed E-state index contributed by atoms with van der Waals surface area (Å²) in [6, 6.07) is 19.1. The van der Waals surface area contributed by atoms with Crippen LogP contribution in [-0.4, -0.2) is 47.2 Å². The van der Waals surface area contributed by atoms with E-state index in [1.165, 1.54) is 4.90 Å². The van der Waals surface area contributed by atoms with Crippen LogP contribution in [0, 0.1) is 0 Å². The van der Waals surface area contributed by atoms with Gasteiger partial charge < -0.3 is 9.47 Å². The number of fused-ring (bicyclic) bond motifs is 4. The highest BCUT2D eigenvalue weighted by atomic mass is 16.5. The third-order valence-electron chi connectivity index (χ3n) is 7.24. The first kappa shape index (κ1) is 22.5. The van der Waals surface area contributed by atoms with E-state index in [0.717, 1.165) is 40.1 Å². The Kier molecular flexibility index (Phi) is 4.87. The molecule has 0 bridgehead atoms. The highest BCUT2D eigenvalue weighted by molar-refractivity contribution is 6.21. The van der Waals surface area contributed by atoms with Crippen molar-refractivity contribution in [1.29, 1.82) is 0 Å². The van der Waals surface area contributed by atoms with Crippen LogP contribution >= 0.6 is 0 Å². The SMILES string of the molecule is COc1cc2c(c3c1OC(C)(C)C3)C(c1ccccc1)=NC(C)(CN1C(=O)c3ccccc3C1=O)C2. The Balaban J connectivity index is 1.49. The quantitative estimate of drug-likeness (QED) is 0.501. The molecule has 0 radical (unpaired) electrons. The van der Waals surface area contributed by atoms with E-state index in [1.807, 2.05) is 43.3 Å². The van der Waals surface area contributed by atoms with Crippen LogP contribution < -0.4 is 9.47 Å². The first-order valence-corrected chi connectivity index (χ1v) is 12.2. The zero-order valence-electron chi connectivity index (χ0n) is 20.9. The van der Waals surface area contributed by atoms with Crippen LogP contribution in [0.4, 0.5) is 0 Å². The number of amides is 2. The Morgan fingerprint density at radius 3 is 2.22 bits per heavy atom. The molecule has 1 unspecified atom stereocenters. The maximum Gasteiger partial charge on any atom is 0.261 e. The summed E-state index contributed by atoms with van der Waals surface area (Å²) >= 11 is 0. The smallest absolute Gasteiger partial charge is 0.261 e. The molecule has 3 heterocycles. The van der Waals surface area contributed by atoms with Crippen molar-refractivity contribution in [2.75, 3.05) is 13.7 Å². The molecular weight excluding hydrogens is 452 g/mol. The number of carbonyl (C=O) groups excluding carboxylic acids is 2. The molecule has 36 heavy (non-hydrogen) atoms. The molecule has 3 aromatic carbocycles. The summed E-state index contributed by atoms with van der Waals surface area (Å²) in [6.45, 7) is 6.36. The third kappa shape index (κ3) is 3.43. The minimum atomic E-state index is -0.709. The first-order chi connectivity index (χ1) is 17.2. The second kappa shape index (κ2) is 7.79. The fourth-order valence-corrected chi connectivity index (χ4v) is 5.75. The van der Waals surface area contributed by atoms with Gasteiger partial charge in [-0.15, -0.1) is 0 Å². The van der Waals surface area contributed by atoms with E-state index in [-0.39, 0.29) is 24.0 Å². The second-order valence-electron chi connectivity index (χ2n) is 10.7. The zero-order valence-corrected chi connectivity index (χ0v) is 20.9. The van der Waals surface area contributed by atoms with Crippen LogP contribution in [0.25, 0.3) is 0 Å². The topological polar surface area (TPSA) is 68.2 Å². The van der Waals surface area contributed by atoms with Crippen molar-refractivity contribution in [3.05, 3.63) is 94.0 Å². The molecule has 0 spiro atoms. The van der Waals surface area contributed by atoms with Gasteiger partial charge >= 0.3 is 0 Å². The molecule has 6 nitrogen and oxygen atoms in total. The number of methoxy groups -OCH3 is 1. The van der Waals surface area contributed by atoms with E-state index >= 15 is 0 Å². The summed E-state index contributed by atoms with van der Waals surface area (Å²) in [5, 5.41) is 0. The molecule has 0 fully saturated rings. The summed E-state index contributed by atoms with van der Waals surface area (Å²) in [5.41, 5.74) is 4.94. The maximum absolute atomic E-state index is 13.2. The number of carbonyl (C=O) groups is 2. The third-order valence-corrected chi connectivity index (χ3v) is 7.24. The maximum atomic E-state index is 13.2. The Hall–Kier alpha value is -3.93. The highest BCUT2D eigenvalue weighted by Gasteiger charge is 2.44. The standard InChI is InChI=1S/C30H28N2O4/c1-29(2)16-22-24-19(14-23(35-4)26(22)36-29)15-30(3,31-25(24)18-10-6-5-7-11-18)17-32-27(33)20-12-8-9-13-21(20)28(32)34/h5-14H,15-17H2,1-4H3. The Morgan fingerprint density at radius 2 is 1.58 bits per heavy atom. The lowest BCUT2D eigenvalue weighted by molar-refractivity contribution is 0.0620. The number of aliphatic imine (C=N–C) groups is 1. The number of hydrogen-bond acceptors (Lipinski definition) is 5. The summed E-state index contributed by atoms with van der Waals surface area (Å²) < 4.78 is 12.1. The lowest BCUT2D eigenvalue weighted by Crippen LogP contribution is -2.46. The minimum Gasteiger partial charge on any atom is -0.493 e. The molecule has 0 aromatic heterocycles. The van der Waals surface area contributed by atoms with Gasteiger partial charge in [0.15, 0.2) is 11.5 Å². The van der Waals surface area contributed by atoms with Gasteiger partial charge in [-0.3, -0.25) is 19.5 Å². The van der Waals surface area contributed by atoms with Crippen LogP contribution in [0.2, 0.25) is 0 Å². The molecule has 3 aliphatic rings. The van der Waals surface area contributed by atoms with E-state index in [0.29, 0.717) is 23.3 Å². The van der Waals surface area contributed by atoms with E-state index in [9.17, 15) is 9.59 Å². The van der Waals surface area contributed by atoms with Crippen molar-refractivity contribution in [3.8, 4) is 11.5 Å². The molecule has 1 atom stereocenters. The largest absolute Gasteiger partial charge is 0.493 e. The van der Waals surface area contributed by atoms with Crippen molar-refractivity contribution in [3.63, 3.8) is 0 Å². The number of rotatable bonds is 4. The van der Waals surface area contributed by atoms with E-state index in [2.05, 4.69) is 13.8 Å². The summed E-state index contributed by atoms with van der Waals surface area (Å²) in [6.07, 6.45) is 1.30. The molecule has 0 saturated carbocycles. The normalized spacial score (nSPS) is 21.4. The zero-order chi connectivity index (χ0) is 25.2. The summed E-state index contributed by atoms with van der Waals surface area (Å²) in [7, 11) is 1.66. The first-order valence-electron chi connectivity index (χ1n) is 12.2. The second-order valence-corrected chi connectivity index (χ2v) is 10.7. The van der Waals surface area contributed by atoms with Crippen LogP contribution in [-0.2, 0) is 12.8 Å². The number of benzene rings is 3. The molecule has 0 saturated heterocycles. The van der Waals surface area contributed by atoms with Crippen LogP contribution in [0.15, 0.2) is 65.7 Å². The predicted molar refractivity (Wildman–Crippen MR) is 137 cm³/mol. The van der Waals surface area contributed by atoms with Gasteiger partial charge in [-0.1, -0.05) is 42.5 Å². The molecule has 0 aliphatic carbocycles. The lowest BCUT2D eigenvalue weighted by atomic mass is 9.80. The average molecular weight is 481 g/mol. The number of ether oxygens (including phenoxy) is 2. The molecule has 182 valence electrons.